The van der Waals surface area contributed by atoms with Crippen molar-refractivity contribution in [1.29, 1.82) is 0 Å². The molecule has 0 N–H and O–H groups in total. The van der Waals surface area contributed by atoms with Crippen LogP contribution in [0.2, 0.25) is 5.02 Å². The molecule has 128 valence electrons. The highest BCUT2D eigenvalue weighted by molar-refractivity contribution is 7.14. The highest BCUT2D eigenvalue weighted by atomic mass is 35.5. The van der Waals surface area contributed by atoms with Crippen molar-refractivity contribution >= 4 is 54.8 Å². The summed E-state index contributed by atoms with van der Waals surface area (Å²) in [4.78, 5) is 12.2. The number of hydrogen-bond donors (Lipinski definition) is 0. The number of halogens is 1. The maximum atomic E-state index is 12.2. The van der Waals surface area contributed by atoms with Crippen LogP contribution in [-0.4, -0.2) is 8.33 Å². The monoisotopic (exact) mass is 396 g/mol. The Labute approximate surface area is 163 Å². The minimum atomic E-state index is 0.0212. The van der Waals surface area contributed by atoms with E-state index in [9.17, 15) is 4.79 Å². The molecule has 2 aromatic heterocycles. The maximum Gasteiger partial charge on any atom is 0.273 e. The van der Waals surface area contributed by atoms with Crippen molar-refractivity contribution in [2.45, 2.75) is 0 Å². The van der Waals surface area contributed by atoms with Crippen LogP contribution >= 0.6 is 34.7 Å². The molecule has 0 fully saturated rings. The molecule has 5 rings (SSSR count). The first-order valence-electron chi connectivity index (χ1n) is 7.89. The number of benzene rings is 3. The van der Waals surface area contributed by atoms with E-state index in [0.29, 0.717) is 5.02 Å². The van der Waals surface area contributed by atoms with Crippen molar-refractivity contribution in [2.24, 2.45) is 0 Å². The first-order chi connectivity index (χ1) is 12.7. The average Bonchev–Trinajstić information content (AvgIpc) is 3.28. The third-order valence-corrected chi connectivity index (χ3v) is 5.96. The molecule has 0 bridgehead atoms. The van der Waals surface area contributed by atoms with Gasteiger partial charge in [-0.2, -0.15) is 4.37 Å². The van der Waals surface area contributed by atoms with Gasteiger partial charge in [0.15, 0.2) is 0 Å². The maximum absolute atomic E-state index is 12.2. The van der Waals surface area contributed by atoms with Crippen molar-refractivity contribution in [3.63, 3.8) is 0 Å². The van der Waals surface area contributed by atoms with E-state index in [1.165, 1.54) is 33.2 Å². The zero-order chi connectivity index (χ0) is 17.9. The number of aromatic nitrogens is 2. The summed E-state index contributed by atoms with van der Waals surface area (Å²) in [5.74, 6) is 0. The lowest BCUT2D eigenvalue weighted by molar-refractivity contribution is 1.14. The van der Waals surface area contributed by atoms with Crippen LogP contribution in [0.5, 0.6) is 0 Å². The SMILES string of the molecule is O=c1c2ccccc2sn1-c1ccc(Cl)cc1.c1ccc2sncc2c1. The summed E-state index contributed by atoms with van der Waals surface area (Å²) in [7, 11) is 0. The molecule has 0 aliphatic rings. The van der Waals surface area contributed by atoms with Crippen LogP contribution in [0.15, 0.2) is 83.8 Å². The Balaban J connectivity index is 0.000000157. The molecule has 3 nitrogen and oxygen atoms in total. The summed E-state index contributed by atoms with van der Waals surface area (Å²) in [6.45, 7) is 0. The van der Waals surface area contributed by atoms with Crippen LogP contribution in [0.4, 0.5) is 0 Å². The second-order valence-corrected chi connectivity index (χ2v) is 7.78. The molecule has 0 spiro atoms. The van der Waals surface area contributed by atoms with E-state index in [0.717, 1.165) is 15.8 Å². The molecular formula is C20H13ClN2OS2. The van der Waals surface area contributed by atoms with Crippen molar-refractivity contribution in [1.82, 2.24) is 8.33 Å². The molecule has 3 aromatic carbocycles. The smallest absolute Gasteiger partial charge is 0.267 e. The summed E-state index contributed by atoms with van der Waals surface area (Å²) in [5.41, 5.74) is 0.869. The Hall–Kier alpha value is -2.47. The molecule has 0 unspecified atom stereocenters. The lowest BCUT2D eigenvalue weighted by atomic mass is 10.3. The van der Waals surface area contributed by atoms with E-state index in [4.69, 9.17) is 11.6 Å². The molecule has 0 saturated heterocycles. The van der Waals surface area contributed by atoms with Gasteiger partial charge < -0.3 is 0 Å². The summed E-state index contributed by atoms with van der Waals surface area (Å²) < 4.78 is 7.98. The van der Waals surface area contributed by atoms with E-state index in [1.54, 1.807) is 16.1 Å². The molecule has 2 heterocycles. The molecule has 5 aromatic rings. The molecule has 26 heavy (non-hydrogen) atoms. The molecular weight excluding hydrogens is 384 g/mol. The fraction of sp³-hybridized carbons (Fsp3) is 0. The van der Waals surface area contributed by atoms with Crippen LogP contribution in [-0.2, 0) is 0 Å². The van der Waals surface area contributed by atoms with Gasteiger partial charge in [-0.25, -0.2) is 3.96 Å². The van der Waals surface area contributed by atoms with E-state index >= 15 is 0 Å². The molecule has 0 aliphatic heterocycles. The Morgan fingerprint density at radius 3 is 2.27 bits per heavy atom. The van der Waals surface area contributed by atoms with Gasteiger partial charge in [0.2, 0.25) is 0 Å². The Morgan fingerprint density at radius 2 is 1.54 bits per heavy atom. The van der Waals surface area contributed by atoms with Crippen LogP contribution in [0.3, 0.4) is 0 Å². The first-order valence-corrected chi connectivity index (χ1v) is 9.81. The molecule has 0 saturated carbocycles. The summed E-state index contributed by atoms with van der Waals surface area (Å²) in [6.07, 6.45) is 1.89. The minimum absolute atomic E-state index is 0.0212. The van der Waals surface area contributed by atoms with E-state index < -0.39 is 0 Å². The molecule has 0 aliphatic carbocycles. The predicted molar refractivity (Wildman–Crippen MR) is 112 cm³/mol. The van der Waals surface area contributed by atoms with Gasteiger partial charge in [-0.1, -0.05) is 53.5 Å². The average molecular weight is 397 g/mol. The molecule has 0 atom stereocenters. The topological polar surface area (TPSA) is 34.9 Å². The highest BCUT2D eigenvalue weighted by Gasteiger charge is 2.07. The van der Waals surface area contributed by atoms with Crippen molar-refractivity contribution in [3.8, 4) is 5.69 Å². The van der Waals surface area contributed by atoms with Crippen molar-refractivity contribution < 1.29 is 0 Å². The van der Waals surface area contributed by atoms with Crippen LogP contribution in [0, 0.1) is 0 Å². The zero-order valence-electron chi connectivity index (χ0n) is 13.5. The molecule has 0 radical (unpaired) electrons. The molecule has 6 heteroatoms. The second kappa shape index (κ2) is 7.41. The van der Waals surface area contributed by atoms with Crippen LogP contribution < -0.4 is 5.56 Å². The van der Waals surface area contributed by atoms with E-state index in [1.807, 2.05) is 54.7 Å². The number of nitrogens with zero attached hydrogens (tertiary/aromatic N) is 2. The normalized spacial score (nSPS) is 10.7. The molecule has 0 amide bonds. The quantitative estimate of drug-likeness (QED) is 0.348. The van der Waals surface area contributed by atoms with Gasteiger partial charge in [-0.3, -0.25) is 4.79 Å². The largest absolute Gasteiger partial charge is 0.273 e. The summed E-state index contributed by atoms with van der Waals surface area (Å²) >= 11 is 8.81. The Bertz CT molecular complexity index is 1190. The van der Waals surface area contributed by atoms with E-state index in [2.05, 4.69) is 16.5 Å². The van der Waals surface area contributed by atoms with Gasteiger partial charge >= 0.3 is 0 Å². The van der Waals surface area contributed by atoms with Gasteiger partial charge in [0.1, 0.15) is 0 Å². The lowest BCUT2D eigenvalue weighted by Crippen LogP contribution is -2.10. The fourth-order valence-electron chi connectivity index (χ4n) is 2.53. The Morgan fingerprint density at radius 1 is 0.846 bits per heavy atom. The third-order valence-electron chi connectivity index (χ3n) is 3.81. The van der Waals surface area contributed by atoms with Gasteiger partial charge in [0.25, 0.3) is 5.56 Å². The Kier molecular flexibility index (Phi) is 4.84. The lowest BCUT2D eigenvalue weighted by Gasteiger charge is -1.99. The summed E-state index contributed by atoms with van der Waals surface area (Å²) in [5, 5.41) is 2.66. The minimum Gasteiger partial charge on any atom is -0.267 e. The van der Waals surface area contributed by atoms with Crippen LogP contribution in [0.25, 0.3) is 25.9 Å². The second-order valence-electron chi connectivity index (χ2n) is 5.53. The van der Waals surface area contributed by atoms with Crippen molar-refractivity contribution in [2.75, 3.05) is 0 Å². The predicted octanol–water partition coefficient (Wildman–Crippen LogP) is 6.00. The number of hydrogen-bond acceptors (Lipinski definition) is 4. The van der Waals surface area contributed by atoms with E-state index in [-0.39, 0.29) is 5.56 Å². The number of rotatable bonds is 1. The van der Waals surface area contributed by atoms with Gasteiger partial charge in [-0.15, -0.1) is 0 Å². The number of fused-ring (bicyclic) bond motifs is 2. The van der Waals surface area contributed by atoms with Crippen molar-refractivity contribution in [3.05, 3.63) is 94.4 Å². The zero-order valence-corrected chi connectivity index (χ0v) is 15.9. The van der Waals surface area contributed by atoms with Gasteiger partial charge in [0, 0.05) is 16.6 Å². The summed E-state index contributed by atoms with van der Waals surface area (Å²) in [6, 6.07) is 23.1. The standard InChI is InChI=1S/C13H8ClNOS.C7H5NS/c14-9-5-7-10(8-6-9)15-13(16)11-3-1-2-4-12(11)17-15;1-2-4-7-6(3-1)5-8-9-7/h1-8H;1-5H. The highest BCUT2D eigenvalue weighted by Crippen LogP contribution is 2.20. The fourth-order valence-corrected chi connectivity index (χ4v) is 4.30. The van der Waals surface area contributed by atoms with Gasteiger partial charge in [0.05, 0.1) is 20.5 Å². The van der Waals surface area contributed by atoms with Crippen LogP contribution in [0.1, 0.15) is 0 Å². The third kappa shape index (κ3) is 3.42. The first kappa shape index (κ1) is 17.0. The van der Waals surface area contributed by atoms with Gasteiger partial charge in [-0.05, 0) is 54.0 Å².